The first-order valence-electron chi connectivity index (χ1n) is 8.86. The summed E-state index contributed by atoms with van der Waals surface area (Å²) < 4.78 is 15.8. The third-order valence-corrected chi connectivity index (χ3v) is 4.90. The molecule has 0 amide bonds. The van der Waals surface area contributed by atoms with Gasteiger partial charge in [-0.25, -0.2) is 14.4 Å². The monoisotopic (exact) mass is 369 g/mol. The highest BCUT2D eigenvalue weighted by Crippen LogP contribution is 2.34. The van der Waals surface area contributed by atoms with Crippen LogP contribution in [0.5, 0.6) is 0 Å². The highest BCUT2D eigenvalue weighted by atomic mass is 19.1. The van der Waals surface area contributed by atoms with Gasteiger partial charge in [0.05, 0.1) is 16.9 Å². The number of hydrogen-bond donors (Lipinski definition) is 1. The standard InChI is InChI=1S/C22H16FN5/c1-13-7-8-25-18-6-5-15(12-17(13)18)20-19(14-3-2-4-16(23)11-14)27-21(24)22-26-9-10-28(20)22/h2-12H,1H3,(H2,24,27). The topological polar surface area (TPSA) is 69.1 Å². The normalized spacial score (nSPS) is 11.4. The number of nitrogen functional groups attached to an aromatic ring is 1. The van der Waals surface area contributed by atoms with Crippen LogP contribution >= 0.6 is 0 Å². The van der Waals surface area contributed by atoms with Crippen LogP contribution in [-0.2, 0) is 0 Å². The van der Waals surface area contributed by atoms with E-state index in [4.69, 9.17) is 5.73 Å². The molecule has 3 aromatic heterocycles. The van der Waals surface area contributed by atoms with E-state index in [1.807, 2.05) is 34.9 Å². The molecule has 136 valence electrons. The molecule has 0 unspecified atom stereocenters. The summed E-state index contributed by atoms with van der Waals surface area (Å²) in [6.07, 6.45) is 5.32. The molecule has 0 fully saturated rings. The Balaban J connectivity index is 1.88. The van der Waals surface area contributed by atoms with Crippen LogP contribution in [0.1, 0.15) is 5.56 Å². The van der Waals surface area contributed by atoms with E-state index in [2.05, 4.69) is 27.9 Å². The van der Waals surface area contributed by atoms with Crippen molar-refractivity contribution in [2.75, 3.05) is 5.73 Å². The molecule has 0 saturated heterocycles. The Morgan fingerprint density at radius 1 is 0.964 bits per heavy atom. The number of nitrogens with zero attached hydrogens (tertiary/aromatic N) is 4. The highest BCUT2D eigenvalue weighted by Gasteiger charge is 2.17. The molecule has 28 heavy (non-hydrogen) atoms. The molecule has 0 radical (unpaired) electrons. The number of pyridine rings is 1. The number of imidazole rings is 1. The van der Waals surface area contributed by atoms with E-state index in [0.29, 0.717) is 22.7 Å². The van der Waals surface area contributed by atoms with Crippen molar-refractivity contribution in [1.82, 2.24) is 19.4 Å². The summed E-state index contributed by atoms with van der Waals surface area (Å²) >= 11 is 0. The number of aryl methyl sites for hydroxylation is 1. The van der Waals surface area contributed by atoms with E-state index >= 15 is 0 Å². The third kappa shape index (κ3) is 2.50. The van der Waals surface area contributed by atoms with E-state index in [9.17, 15) is 4.39 Å². The van der Waals surface area contributed by atoms with Crippen molar-refractivity contribution in [3.8, 4) is 22.5 Å². The van der Waals surface area contributed by atoms with E-state index in [1.165, 1.54) is 12.1 Å². The van der Waals surface area contributed by atoms with Gasteiger partial charge in [-0.1, -0.05) is 18.2 Å². The van der Waals surface area contributed by atoms with E-state index < -0.39 is 0 Å². The smallest absolute Gasteiger partial charge is 0.180 e. The Morgan fingerprint density at radius 3 is 2.71 bits per heavy atom. The van der Waals surface area contributed by atoms with Crippen molar-refractivity contribution in [2.45, 2.75) is 6.92 Å². The number of halogens is 1. The van der Waals surface area contributed by atoms with Crippen LogP contribution in [0.4, 0.5) is 10.2 Å². The number of nitrogens with two attached hydrogens (primary N) is 1. The van der Waals surface area contributed by atoms with Gasteiger partial charge in [-0.05, 0) is 42.8 Å². The molecule has 3 heterocycles. The molecule has 0 spiro atoms. The predicted octanol–water partition coefficient (Wildman–Crippen LogP) is 4.64. The lowest BCUT2D eigenvalue weighted by Crippen LogP contribution is -2.04. The van der Waals surface area contributed by atoms with Crippen molar-refractivity contribution in [3.05, 3.63) is 78.5 Å². The summed E-state index contributed by atoms with van der Waals surface area (Å²) in [4.78, 5) is 13.3. The van der Waals surface area contributed by atoms with Gasteiger partial charge >= 0.3 is 0 Å². The minimum Gasteiger partial charge on any atom is -0.381 e. The fraction of sp³-hybridized carbons (Fsp3) is 0.0455. The van der Waals surface area contributed by atoms with Crippen LogP contribution < -0.4 is 5.73 Å². The quantitative estimate of drug-likeness (QED) is 0.492. The zero-order chi connectivity index (χ0) is 19.3. The van der Waals surface area contributed by atoms with Crippen molar-refractivity contribution in [2.24, 2.45) is 0 Å². The first-order valence-corrected chi connectivity index (χ1v) is 8.86. The minimum absolute atomic E-state index is 0.298. The number of anilines is 1. The van der Waals surface area contributed by atoms with Gasteiger partial charge in [0.15, 0.2) is 11.5 Å². The second-order valence-corrected chi connectivity index (χ2v) is 6.69. The van der Waals surface area contributed by atoms with E-state index in [1.54, 1.807) is 18.5 Å². The number of fused-ring (bicyclic) bond motifs is 2. The summed E-state index contributed by atoms with van der Waals surface area (Å²) in [5.74, 6) is -0.0280. The number of rotatable bonds is 2. The summed E-state index contributed by atoms with van der Waals surface area (Å²) in [6.45, 7) is 2.05. The van der Waals surface area contributed by atoms with Gasteiger partial charge in [0.25, 0.3) is 0 Å². The predicted molar refractivity (Wildman–Crippen MR) is 108 cm³/mol. The molecule has 5 rings (SSSR count). The number of aromatic nitrogens is 4. The van der Waals surface area contributed by atoms with Crippen molar-refractivity contribution < 1.29 is 4.39 Å². The molecule has 2 N–H and O–H groups in total. The average molecular weight is 369 g/mol. The van der Waals surface area contributed by atoms with Gasteiger partial charge < -0.3 is 5.73 Å². The number of benzene rings is 2. The molecule has 5 aromatic rings. The molecule has 0 aliphatic carbocycles. The maximum atomic E-state index is 13.9. The SMILES string of the molecule is Cc1ccnc2ccc(-c3c(-c4cccc(F)c4)nc(N)c4nccn34)cc12. The molecule has 0 atom stereocenters. The Kier molecular flexibility index (Phi) is 3.58. The highest BCUT2D eigenvalue weighted by molar-refractivity contribution is 5.90. The van der Waals surface area contributed by atoms with E-state index in [-0.39, 0.29) is 5.82 Å². The van der Waals surface area contributed by atoms with Crippen LogP contribution in [0.2, 0.25) is 0 Å². The molecule has 6 heteroatoms. The Bertz CT molecular complexity index is 1360. The van der Waals surface area contributed by atoms with Crippen LogP contribution in [0.25, 0.3) is 39.1 Å². The molecular formula is C22H16FN5. The lowest BCUT2D eigenvalue weighted by atomic mass is 10.0. The van der Waals surface area contributed by atoms with Crippen molar-refractivity contribution in [1.29, 1.82) is 0 Å². The van der Waals surface area contributed by atoms with Gasteiger partial charge in [0.1, 0.15) is 5.82 Å². The van der Waals surface area contributed by atoms with Crippen LogP contribution in [0, 0.1) is 12.7 Å². The summed E-state index contributed by atoms with van der Waals surface area (Å²) in [6, 6.07) is 14.4. The van der Waals surface area contributed by atoms with Crippen LogP contribution in [0.3, 0.4) is 0 Å². The lowest BCUT2D eigenvalue weighted by molar-refractivity contribution is 0.628. The van der Waals surface area contributed by atoms with Gasteiger partial charge in [0, 0.05) is 35.1 Å². The zero-order valence-corrected chi connectivity index (χ0v) is 15.1. The van der Waals surface area contributed by atoms with Gasteiger partial charge in [0.2, 0.25) is 0 Å². The van der Waals surface area contributed by atoms with Crippen molar-refractivity contribution >= 4 is 22.4 Å². The fourth-order valence-electron chi connectivity index (χ4n) is 3.55. The molecule has 5 nitrogen and oxygen atoms in total. The maximum absolute atomic E-state index is 13.9. The largest absolute Gasteiger partial charge is 0.381 e. The second-order valence-electron chi connectivity index (χ2n) is 6.69. The summed E-state index contributed by atoms with van der Waals surface area (Å²) in [5, 5.41) is 1.05. The molecule has 0 bridgehead atoms. The van der Waals surface area contributed by atoms with Crippen LogP contribution in [-0.4, -0.2) is 19.4 Å². The Labute approximate surface area is 160 Å². The zero-order valence-electron chi connectivity index (χ0n) is 15.1. The molecule has 2 aromatic carbocycles. The first kappa shape index (κ1) is 16.4. The lowest BCUT2D eigenvalue weighted by Gasteiger charge is -2.14. The molecular weight excluding hydrogens is 353 g/mol. The second kappa shape index (κ2) is 6.13. The van der Waals surface area contributed by atoms with Gasteiger partial charge in [-0.3, -0.25) is 9.38 Å². The van der Waals surface area contributed by atoms with Crippen LogP contribution in [0.15, 0.2) is 67.1 Å². The summed E-state index contributed by atoms with van der Waals surface area (Å²) in [5.41, 5.74) is 11.7. The Morgan fingerprint density at radius 2 is 1.86 bits per heavy atom. The van der Waals surface area contributed by atoms with E-state index in [0.717, 1.165) is 27.7 Å². The first-order chi connectivity index (χ1) is 13.6. The molecule has 0 aliphatic rings. The maximum Gasteiger partial charge on any atom is 0.180 e. The Hall–Kier alpha value is -3.80. The van der Waals surface area contributed by atoms with Gasteiger partial charge in [-0.2, -0.15) is 0 Å². The minimum atomic E-state index is -0.326. The summed E-state index contributed by atoms with van der Waals surface area (Å²) in [7, 11) is 0. The third-order valence-electron chi connectivity index (χ3n) is 4.90. The average Bonchev–Trinajstić information content (AvgIpc) is 3.18. The molecule has 0 aliphatic heterocycles. The fourth-order valence-corrected chi connectivity index (χ4v) is 3.55. The number of hydrogen-bond acceptors (Lipinski definition) is 4. The van der Waals surface area contributed by atoms with Crippen molar-refractivity contribution in [3.63, 3.8) is 0 Å². The van der Waals surface area contributed by atoms with Gasteiger partial charge in [-0.15, -0.1) is 0 Å². The molecule has 0 saturated carbocycles.